The molecule has 2 aliphatic heterocycles. The Kier molecular flexibility index (Phi) is 3.28. The van der Waals surface area contributed by atoms with Gasteiger partial charge in [0.05, 0.1) is 17.7 Å². The summed E-state index contributed by atoms with van der Waals surface area (Å²) in [5.74, 6) is -0.384. The number of halogens is 1. The summed E-state index contributed by atoms with van der Waals surface area (Å²) in [6, 6.07) is 6.25. The van der Waals surface area contributed by atoms with Crippen molar-refractivity contribution in [2.75, 3.05) is 26.2 Å². The summed E-state index contributed by atoms with van der Waals surface area (Å²) in [5, 5.41) is 12.3. The van der Waals surface area contributed by atoms with E-state index in [1.807, 2.05) is 11.0 Å². The van der Waals surface area contributed by atoms with Crippen LogP contribution in [-0.4, -0.2) is 48.1 Å². The molecule has 1 unspecified atom stereocenters. The third-order valence-corrected chi connectivity index (χ3v) is 3.85. The van der Waals surface area contributed by atoms with E-state index < -0.39 is 0 Å². The minimum absolute atomic E-state index is 0.0235. The molecule has 0 saturated carbocycles. The Balaban J connectivity index is 1.80. The number of rotatable bonds is 2. The highest BCUT2D eigenvalue weighted by molar-refractivity contribution is 5.77. The second kappa shape index (κ2) is 5.10. The number of urea groups is 1. The Hall–Kier alpha value is -2.13. The summed E-state index contributed by atoms with van der Waals surface area (Å²) in [5.41, 5.74) is 0.982. The van der Waals surface area contributed by atoms with Gasteiger partial charge in [-0.25, -0.2) is 9.18 Å². The van der Waals surface area contributed by atoms with Crippen molar-refractivity contribution in [3.05, 3.63) is 35.1 Å². The summed E-state index contributed by atoms with van der Waals surface area (Å²) in [7, 11) is 0. The van der Waals surface area contributed by atoms with E-state index in [-0.39, 0.29) is 24.4 Å². The van der Waals surface area contributed by atoms with Crippen LogP contribution in [-0.2, 0) is 6.54 Å². The second-order valence-electron chi connectivity index (χ2n) is 5.13. The zero-order chi connectivity index (χ0) is 14.1. The van der Waals surface area contributed by atoms with Gasteiger partial charge in [-0.1, -0.05) is 0 Å². The number of benzene rings is 1. The molecule has 2 amide bonds. The number of hydrogen-bond acceptors (Lipinski definition) is 3. The number of hydrogen-bond donors (Lipinski definition) is 1. The van der Waals surface area contributed by atoms with Gasteiger partial charge in [0.15, 0.2) is 0 Å². The molecule has 2 saturated heterocycles. The summed E-state index contributed by atoms with van der Waals surface area (Å²) >= 11 is 0. The molecule has 3 rings (SSSR count). The number of fused-ring (bicyclic) bond motifs is 1. The first-order chi connectivity index (χ1) is 9.69. The second-order valence-corrected chi connectivity index (χ2v) is 5.13. The maximum atomic E-state index is 13.3. The molecule has 0 aromatic heterocycles. The van der Waals surface area contributed by atoms with Gasteiger partial charge in [0.25, 0.3) is 0 Å². The van der Waals surface area contributed by atoms with Crippen LogP contribution in [0.15, 0.2) is 18.2 Å². The molecule has 20 heavy (non-hydrogen) atoms. The topological polar surface area (TPSA) is 59.4 Å². The highest BCUT2D eigenvalue weighted by Gasteiger charge is 2.38. The van der Waals surface area contributed by atoms with Gasteiger partial charge in [0, 0.05) is 32.7 Å². The third-order valence-electron chi connectivity index (χ3n) is 3.85. The number of nitrogens with zero attached hydrogens (tertiary/aromatic N) is 3. The van der Waals surface area contributed by atoms with Crippen molar-refractivity contribution >= 4 is 6.03 Å². The minimum Gasteiger partial charge on any atom is -0.318 e. The van der Waals surface area contributed by atoms with E-state index in [1.165, 1.54) is 18.2 Å². The average molecular weight is 274 g/mol. The van der Waals surface area contributed by atoms with Crippen molar-refractivity contribution in [1.29, 1.82) is 5.26 Å². The molecule has 0 radical (unpaired) electrons. The first-order valence-electron chi connectivity index (χ1n) is 6.64. The van der Waals surface area contributed by atoms with Gasteiger partial charge in [0.2, 0.25) is 0 Å². The van der Waals surface area contributed by atoms with Crippen molar-refractivity contribution < 1.29 is 9.18 Å². The Labute approximate surface area is 116 Å². The third kappa shape index (κ3) is 2.21. The van der Waals surface area contributed by atoms with Crippen molar-refractivity contribution in [2.24, 2.45) is 0 Å². The van der Waals surface area contributed by atoms with Gasteiger partial charge in [-0.2, -0.15) is 5.26 Å². The Morgan fingerprint density at radius 1 is 1.50 bits per heavy atom. The molecule has 104 valence electrons. The Morgan fingerprint density at radius 2 is 2.35 bits per heavy atom. The zero-order valence-electron chi connectivity index (χ0n) is 11.0. The van der Waals surface area contributed by atoms with Crippen molar-refractivity contribution in [2.45, 2.75) is 12.6 Å². The monoisotopic (exact) mass is 274 g/mol. The molecular weight excluding hydrogens is 259 g/mol. The number of nitriles is 1. The highest BCUT2D eigenvalue weighted by atomic mass is 19.1. The molecule has 2 fully saturated rings. The molecule has 1 N–H and O–H groups in total. The lowest BCUT2D eigenvalue weighted by atomic mass is 10.1. The molecule has 2 aliphatic rings. The van der Waals surface area contributed by atoms with E-state index in [4.69, 9.17) is 5.26 Å². The fourth-order valence-corrected chi connectivity index (χ4v) is 2.83. The lowest BCUT2D eigenvalue weighted by Crippen LogP contribution is -2.49. The van der Waals surface area contributed by atoms with Crippen molar-refractivity contribution in [3.8, 4) is 6.07 Å². The van der Waals surface area contributed by atoms with Crippen LogP contribution in [0.1, 0.15) is 11.1 Å². The largest absolute Gasteiger partial charge is 0.320 e. The fourth-order valence-electron chi connectivity index (χ4n) is 2.83. The normalized spacial score (nSPS) is 21.8. The van der Waals surface area contributed by atoms with Crippen LogP contribution in [0, 0.1) is 17.1 Å². The quantitative estimate of drug-likeness (QED) is 0.872. The summed E-state index contributed by atoms with van der Waals surface area (Å²) in [4.78, 5) is 15.8. The van der Waals surface area contributed by atoms with Crippen LogP contribution in [0.2, 0.25) is 0 Å². The van der Waals surface area contributed by atoms with E-state index in [0.29, 0.717) is 24.2 Å². The standard InChI is InChI=1S/C14H15FN4O/c15-12-2-1-10(6-16)11(5-12)8-18-9-13-7-17-3-4-19(13)14(18)20/h1-2,5,13,17H,3-4,7-9H2. The maximum Gasteiger partial charge on any atom is 0.320 e. The SMILES string of the molecule is N#Cc1ccc(F)cc1CN1CC2CNCCN2C1=O. The number of carbonyl (C=O) groups is 1. The number of piperazine rings is 1. The van der Waals surface area contributed by atoms with Crippen molar-refractivity contribution in [1.82, 2.24) is 15.1 Å². The lowest BCUT2D eigenvalue weighted by Gasteiger charge is -2.28. The van der Waals surface area contributed by atoms with E-state index in [2.05, 4.69) is 5.32 Å². The number of nitrogens with one attached hydrogen (secondary N) is 1. The highest BCUT2D eigenvalue weighted by Crippen LogP contribution is 2.21. The van der Waals surface area contributed by atoms with Gasteiger partial charge >= 0.3 is 6.03 Å². The van der Waals surface area contributed by atoms with Crippen LogP contribution in [0.4, 0.5) is 9.18 Å². The molecule has 0 bridgehead atoms. The van der Waals surface area contributed by atoms with Crippen LogP contribution >= 0.6 is 0 Å². The van der Waals surface area contributed by atoms with Crippen LogP contribution < -0.4 is 5.32 Å². The van der Waals surface area contributed by atoms with Gasteiger partial charge in [0.1, 0.15) is 5.82 Å². The van der Waals surface area contributed by atoms with Crippen LogP contribution in [0.5, 0.6) is 0 Å². The average Bonchev–Trinajstić information content (AvgIpc) is 2.76. The molecule has 0 aliphatic carbocycles. The molecule has 6 heteroatoms. The van der Waals surface area contributed by atoms with E-state index in [1.54, 1.807) is 4.90 Å². The van der Waals surface area contributed by atoms with E-state index in [9.17, 15) is 9.18 Å². The maximum absolute atomic E-state index is 13.3. The predicted molar refractivity (Wildman–Crippen MR) is 70.3 cm³/mol. The van der Waals surface area contributed by atoms with Gasteiger partial charge in [-0.3, -0.25) is 0 Å². The smallest absolute Gasteiger partial charge is 0.318 e. The number of amides is 2. The predicted octanol–water partition coefficient (Wildman–Crippen LogP) is 0.907. The number of carbonyl (C=O) groups excluding carboxylic acids is 1. The van der Waals surface area contributed by atoms with Crippen LogP contribution in [0.3, 0.4) is 0 Å². The molecule has 1 atom stereocenters. The molecule has 0 spiro atoms. The summed E-state index contributed by atoms with van der Waals surface area (Å²) in [6.45, 7) is 3.20. The van der Waals surface area contributed by atoms with Crippen molar-refractivity contribution in [3.63, 3.8) is 0 Å². The Morgan fingerprint density at radius 3 is 3.10 bits per heavy atom. The summed E-state index contributed by atoms with van der Waals surface area (Å²) < 4.78 is 13.3. The van der Waals surface area contributed by atoms with Crippen LogP contribution in [0.25, 0.3) is 0 Å². The van der Waals surface area contributed by atoms with E-state index >= 15 is 0 Å². The van der Waals surface area contributed by atoms with E-state index in [0.717, 1.165) is 13.1 Å². The van der Waals surface area contributed by atoms with Gasteiger partial charge in [-0.15, -0.1) is 0 Å². The molecule has 1 aromatic carbocycles. The molecular formula is C14H15FN4O. The van der Waals surface area contributed by atoms with Gasteiger partial charge in [-0.05, 0) is 23.8 Å². The summed E-state index contributed by atoms with van der Waals surface area (Å²) in [6.07, 6.45) is 0. The lowest BCUT2D eigenvalue weighted by molar-refractivity contribution is 0.178. The minimum atomic E-state index is -0.384. The molecule has 2 heterocycles. The molecule has 1 aromatic rings. The zero-order valence-corrected chi connectivity index (χ0v) is 11.0. The van der Waals surface area contributed by atoms with Gasteiger partial charge < -0.3 is 15.1 Å². The first-order valence-corrected chi connectivity index (χ1v) is 6.64. The fraction of sp³-hybridized carbons (Fsp3) is 0.429. The first kappa shape index (κ1) is 12.9. The molecule has 5 nitrogen and oxygen atoms in total. The Bertz CT molecular complexity index is 583.